The monoisotopic (exact) mass is 325 g/mol. The third-order valence-electron chi connectivity index (χ3n) is 3.54. The average molecular weight is 325 g/mol. The Morgan fingerprint density at radius 1 is 1.39 bits per heavy atom. The van der Waals surface area contributed by atoms with E-state index in [0.717, 1.165) is 16.9 Å². The molecule has 0 aliphatic carbocycles. The molecule has 0 bridgehead atoms. The molecule has 6 nitrogen and oxygen atoms in total. The lowest BCUT2D eigenvalue weighted by atomic mass is 10.1. The maximum absolute atomic E-state index is 12.7. The first-order valence-electron chi connectivity index (χ1n) is 6.72. The number of carbonyl (C=O) groups is 1. The van der Waals surface area contributed by atoms with Crippen LogP contribution in [0.5, 0.6) is 0 Å². The number of aromatic nitrogens is 2. The van der Waals surface area contributed by atoms with Crippen LogP contribution in [0.2, 0.25) is 0 Å². The van der Waals surface area contributed by atoms with Crippen LogP contribution in [-0.4, -0.2) is 20.6 Å². The highest BCUT2D eigenvalue weighted by Crippen LogP contribution is 2.21. The number of aromatic carboxylic acids is 1. The number of nitrogens with zero attached hydrogens (tertiary/aromatic N) is 3. The Kier molecular flexibility index (Phi) is 3.68. The van der Waals surface area contributed by atoms with E-state index in [9.17, 15) is 14.7 Å². The molecule has 2 aromatic heterocycles. The number of rotatable bonds is 3. The van der Waals surface area contributed by atoms with Gasteiger partial charge < -0.3 is 5.11 Å². The summed E-state index contributed by atoms with van der Waals surface area (Å²) in [5.41, 5.74) is 0.992. The summed E-state index contributed by atoms with van der Waals surface area (Å²) in [6.07, 6.45) is 0. The fourth-order valence-corrected chi connectivity index (χ4v) is 3.28. The molecular formula is C16H11N3O3S. The molecule has 3 rings (SSSR count). The summed E-state index contributed by atoms with van der Waals surface area (Å²) < 4.78 is 1.45. The van der Waals surface area contributed by atoms with Crippen molar-refractivity contribution in [2.75, 3.05) is 0 Å². The molecule has 0 radical (unpaired) electrons. The van der Waals surface area contributed by atoms with E-state index in [1.54, 1.807) is 31.2 Å². The topological polar surface area (TPSA) is 96.0 Å². The normalized spacial score (nSPS) is 10.6. The maximum Gasteiger partial charge on any atom is 0.337 e. The first-order valence-corrected chi connectivity index (χ1v) is 7.60. The van der Waals surface area contributed by atoms with Crippen molar-refractivity contribution in [3.63, 3.8) is 0 Å². The molecule has 0 aliphatic rings. The van der Waals surface area contributed by atoms with E-state index in [4.69, 9.17) is 5.26 Å². The van der Waals surface area contributed by atoms with Crippen molar-refractivity contribution in [1.82, 2.24) is 9.55 Å². The molecule has 0 unspecified atom stereocenters. The van der Waals surface area contributed by atoms with Crippen molar-refractivity contribution in [2.24, 2.45) is 0 Å². The van der Waals surface area contributed by atoms with Gasteiger partial charge in [-0.2, -0.15) is 5.26 Å². The molecule has 0 saturated heterocycles. The Labute approximate surface area is 134 Å². The van der Waals surface area contributed by atoms with Gasteiger partial charge in [0, 0.05) is 5.38 Å². The van der Waals surface area contributed by atoms with E-state index in [1.807, 2.05) is 6.07 Å². The van der Waals surface area contributed by atoms with Gasteiger partial charge in [0.1, 0.15) is 10.7 Å². The summed E-state index contributed by atoms with van der Waals surface area (Å²) in [6.45, 7) is 1.98. The third kappa shape index (κ3) is 2.60. The van der Waals surface area contributed by atoms with E-state index in [2.05, 4.69) is 4.98 Å². The lowest BCUT2D eigenvalue weighted by Gasteiger charge is -2.10. The predicted molar refractivity (Wildman–Crippen MR) is 85.8 cm³/mol. The van der Waals surface area contributed by atoms with Crippen molar-refractivity contribution < 1.29 is 9.90 Å². The van der Waals surface area contributed by atoms with Gasteiger partial charge in [0.25, 0.3) is 5.56 Å². The van der Waals surface area contributed by atoms with Crippen molar-refractivity contribution in [3.05, 3.63) is 62.5 Å². The van der Waals surface area contributed by atoms with Crippen molar-refractivity contribution in [2.45, 2.75) is 13.5 Å². The lowest BCUT2D eigenvalue weighted by Crippen LogP contribution is -2.25. The fourth-order valence-electron chi connectivity index (χ4n) is 2.34. The van der Waals surface area contributed by atoms with Gasteiger partial charge in [-0.25, -0.2) is 9.78 Å². The van der Waals surface area contributed by atoms with Crippen molar-refractivity contribution in [1.29, 1.82) is 5.26 Å². The number of aryl methyl sites for hydroxylation is 1. The Morgan fingerprint density at radius 3 is 2.70 bits per heavy atom. The standard InChI is InChI=1S/C16H11N3O3S/c1-9-18-14-13(12(8-23-14)16(21)22)15(20)19(9)7-11-4-2-10(6-17)3-5-11/h2-5,8H,7H2,1H3,(H,21,22). The molecular weight excluding hydrogens is 314 g/mol. The Morgan fingerprint density at radius 2 is 2.09 bits per heavy atom. The molecule has 0 saturated carbocycles. The molecule has 3 aromatic rings. The average Bonchev–Trinajstić information content (AvgIpc) is 2.96. The minimum Gasteiger partial charge on any atom is -0.478 e. The summed E-state index contributed by atoms with van der Waals surface area (Å²) in [4.78, 5) is 28.7. The zero-order valence-corrected chi connectivity index (χ0v) is 12.9. The van der Waals surface area contributed by atoms with E-state index < -0.39 is 5.97 Å². The highest BCUT2D eigenvalue weighted by molar-refractivity contribution is 7.17. The van der Waals surface area contributed by atoms with E-state index in [0.29, 0.717) is 16.2 Å². The molecule has 0 amide bonds. The minimum atomic E-state index is -1.14. The molecule has 7 heteroatoms. The minimum absolute atomic E-state index is 0.0175. The molecule has 0 atom stereocenters. The first-order chi connectivity index (χ1) is 11.0. The predicted octanol–water partition coefficient (Wildman–Crippen LogP) is 2.38. The highest BCUT2D eigenvalue weighted by Gasteiger charge is 2.18. The second-order valence-electron chi connectivity index (χ2n) is 4.99. The SMILES string of the molecule is Cc1nc2scc(C(=O)O)c2c(=O)n1Cc1ccc(C#N)cc1. The summed E-state index contributed by atoms with van der Waals surface area (Å²) in [7, 11) is 0. The van der Waals surface area contributed by atoms with Crippen LogP contribution < -0.4 is 5.56 Å². The van der Waals surface area contributed by atoms with Crippen molar-refractivity contribution in [3.8, 4) is 6.07 Å². The number of hydrogen-bond donors (Lipinski definition) is 1. The number of carboxylic acid groups (broad SMARTS) is 1. The third-order valence-corrected chi connectivity index (χ3v) is 4.41. The van der Waals surface area contributed by atoms with Crippen LogP contribution >= 0.6 is 11.3 Å². The van der Waals surface area contributed by atoms with Crippen LogP contribution in [0.4, 0.5) is 0 Å². The van der Waals surface area contributed by atoms with Crippen LogP contribution in [0.15, 0.2) is 34.4 Å². The summed E-state index contributed by atoms with van der Waals surface area (Å²) in [5, 5.41) is 19.6. The number of benzene rings is 1. The van der Waals surface area contributed by atoms with Crippen molar-refractivity contribution >= 4 is 27.5 Å². The zero-order valence-electron chi connectivity index (χ0n) is 12.1. The number of hydrogen-bond acceptors (Lipinski definition) is 5. The Balaban J connectivity index is 2.13. The van der Waals surface area contributed by atoms with Gasteiger partial charge in [0.15, 0.2) is 0 Å². The summed E-state index contributed by atoms with van der Waals surface area (Å²) in [5.74, 6) is -0.616. The van der Waals surface area contributed by atoms with E-state index in [1.165, 1.54) is 9.95 Å². The molecule has 0 spiro atoms. The molecule has 0 aliphatic heterocycles. The van der Waals surface area contributed by atoms with E-state index in [-0.39, 0.29) is 23.1 Å². The second-order valence-corrected chi connectivity index (χ2v) is 5.85. The van der Waals surface area contributed by atoms with Gasteiger partial charge in [-0.3, -0.25) is 9.36 Å². The number of thiophene rings is 1. The van der Waals surface area contributed by atoms with Crippen LogP contribution in [-0.2, 0) is 6.54 Å². The van der Waals surface area contributed by atoms with Gasteiger partial charge in [0.2, 0.25) is 0 Å². The van der Waals surface area contributed by atoms with Gasteiger partial charge in [-0.15, -0.1) is 11.3 Å². The molecule has 2 heterocycles. The van der Waals surface area contributed by atoms with Gasteiger partial charge in [-0.05, 0) is 24.6 Å². The van der Waals surface area contributed by atoms with Gasteiger partial charge in [0.05, 0.1) is 29.1 Å². The molecule has 23 heavy (non-hydrogen) atoms. The van der Waals surface area contributed by atoms with E-state index >= 15 is 0 Å². The number of fused-ring (bicyclic) bond motifs is 1. The molecule has 1 aromatic carbocycles. The molecule has 0 fully saturated rings. The second kappa shape index (κ2) is 5.66. The van der Waals surface area contributed by atoms with Crippen LogP contribution in [0.25, 0.3) is 10.2 Å². The van der Waals surface area contributed by atoms with Crippen LogP contribution in [0.3, 0.4) is 0 Å². The van der Waals surface area contributed by atoms with Crippen LogP contribution in [0, 0.1) is 18.3 Å². The molecule has 114 valence electrons. The highest BCUT2D eigenvalue weighted by atomic mass is 32.1. The smallest absolute Gasteiger partial charge is 0.337 e. The Hall–Kier alpha value is -2.98. The van der Waals surface area contributed by atoms with Gasteiger partial charge >= 0.3 is 5.97 Å². The maximum atomic E-state index is 12.7. The summed E-state index contributed by atoms with van der Waals surface area (Å²) in [6, 6.07) is 8.92. The fraction of sp³-hybridized carbons (Fsp3) is 0.125. The largest absolute Gasteiger partial charge is 0.478 e. The quantitative estimate of drug-likeness (QED) is 0.797. The van der Waals surface area contributed by atoms with Crippen LogP contribution in [0.1, 0.15) is 27.3 Å². The summed E-state index contributed by atoms with van der Waals surface area (Å²) >= 11 is 1.15. The molecule has 1 N–H and O–H groups in total. The first kappa shape index (κ1) is 14.9. The zero-order chi connectivity index (χ0) is 16.6. The van der Waals surface area contributed by atoms with Gasteiger partial charge in [-0.1, -0.05) is 12.1 Å². The lowest BCUT2D eigenvalue weighted by molar-refractivity contribution is 0.0699. The number of carboxylic acids is 1. The Bertz CT molecular complexity index is 1010. The number of nitriles is 1.